The fourth-order valence-corrected chi connectivity index (χ4v) is 4.85. The molecule has 2 nitrogen and oxygen atoms in total. The molecule has 4 rings (SSSR count). The fraction of sp³-hybridized carbons (Fsp3) is 0.435. The van der Waals surface area contributed by atoms with Crippen LogP contribution >= 0.6 is 0 Å². The third-order valence-electron chi connectivity index (χ3n) is 6.11. The van der Waals surface area contributed by atoms with Crippen LogP contribution in [0.3, 0.4) is 0 Å². The van der Waals surface area contributed by atoms with Crippen LogP contribution in [-0.2, 0) is 6.54 Å². The van der Waals surface area contributed by atoms with E-state index in [1.807, 2.05) is 6.07 Å². The molecule has 2 bridgehead atoms. The molecule has 2 aromatic rings. The van der Waals surface area contributed by atoms with E-state index in [1.54, 1.807) is 0 Å². The first-order valence-corrected chi connectivity index (χ1v) is 9.53. The predicted molar refractivity (Wildman–Crippen MR) is 102 cm³/mol. The van der Waals surface area contributed by atoms with Crippen molar-refractivity contribution in [1.82, 2.24) is 4.90 Å². The van der Waals surface area contributed by atoms with Crippen molar-refractivity contribution in [2.24, 2.45) is 5.92 Å². The van der Waals surface area contributed by atoms with E-state index < -0.39 is 0 Å². The Morgan fingerprint density at radius 1 is 1.00 bits per heavy atom. The zero-order valence-corrected chi connectivity index (χ0v) is 15.2. The topological polar surface area (TPSA) is 20.3 Å². The van der Waals surface area contributed by atoms with Crippen molar-refractivity contribution in [1.29, 1.82) is 0 Å². The lowest BCUT2D eigenvalue weighted by molar-refractivity contribution is 0.0677. The van der Waals surface area contributed by atoms with Crippen LogP contribution in [0.25, 0.3) is 0 Å². The Balaban J connectivity index is 1.48. The molecular formula is C23H27NO. The first-order valence-electron chi connectivity index (χ1n) is 9.53. The number of carbonyl (C=O) groups is 1. The van der Waals surface area contributed by atoms with Crippen LogP contribution < -0.4 is 0 Å². The summed E-state index contributed by atoms with van der Waals surface area (Å²) in [6, 6.07) is 18.1. The molecule has 2 aliphatic heterocycles. The number of carbonyl (C=O) groups excluding carboxylic acids is 1. The molecule has 2 fully saturated rings. The molecule has 2 aliphatic rings. The number of benzene rings is 2. The molecule has 2 saturated heterocycles. The summed E-state index contributed by atoms with van der Waals surface area (Å²) in [4.78, 5) is 15.8. The van der Waals surface area contributed by atoms with Gasteiger partial charge in [0, 0.05) is 30.1 Å². The van der Waals surface area contributed by atoms with Gasteiger partial charge in [0.15, 0.2) is 5.78 Å². The lowest BCUT2D eigenvalue weighted by Crippen LogP contribution is -2.44. The quantitative estimate of drug-likeness (QED) is 0.740. The number of rotatable bonds is 4. The molecule has 2 heteroatoms. The standard InChI is InChI=1S/C23H27NO/c1-16-8-11-22(17(2)12-16)23(25)19-13-20-9-10-21(14-19)24(20)15-18-6-4-3-5-7-18/h3-8,11-12,19-21H,9-10,13-15H2,1-2H3. The normalized spacial score (nSPS) is 25.9. The van der Waals surface area contributed by atoms with Crippen LogP contribution in [0.2, 0.25) is 0 Å². The molecule has 0 aliphatic carbocycles. The molecule has 0 amide bonds. The largest absolute Gasteiger partial charge is 0.294 e. The van der Waals surface area contributed by atoms with E-state index in [2.05, 4.69) is 61.2 Å². The number of fused-ring (bicyclic) bond motifs is 2. The number of nitrogens with zero attached hydrogens (tertiary/aromatic N) is 1. The van der Waals surface area contributed by atoms with Crippen molar-refractivity contribution < 1.29 is 4.79 Å². The van der Waals surface area contributed by atoms with E-state index >= 15 is 0 Å². The molecule has 0 spiro atoms. The van der Waals surface area contributed by atoms with Crippen molar-refractivity contribution in [3.05, 3.63) is 70.8 Å². The highest BCUT2D eigenvalue weighted by molar-refractivity contribution is 5.99. The smallest absolute Gasteiger partial charge is 0.166 e. The molecule has 130 valence electrons. The van der Waals surface area contributed by atoms with Gasteiger partial charge in [0.1, 0.15) is 0 Å². The van der Waals surface area contributed by atoms with Gasteiger partial charge in [-0.15, -0.1) is 0 Å². The van der Waals surface area contributed by atoms with E-state index in [9.17, 15) is 4.79 Å². The highest BCUT2D eigenvalue weighted by Crippen LogP contribution is 2.41. The van der Waals surface area contributed by atoms with Crippen molar-refractivity contribution >= 4 is 5.78 Å². The van der Waals surface area contributed by atoms with E-state index in [4.69, 9.17) is 0 Å². The van der Waals surface area contributed by atoms with Gasteiger partial charge in [-0.2, -0.15) is 0 Å². The Kier molecular flexibility index (Phi) is 4.47. The second-order valence-electron chi connectivity index (χ2n) is 7.89. The van der Waals surface area contributed by atoms with E-state index in [-0.39, 0.29) is 5.92 Å². The number of aryl methyl sites for hydroxylation is 2. The Morgan fingerprint density at radius 2 is 1.68 bits per heavy atom. The molecule has 2 unspecified atom stereocenters. The van der Waals surface area contributed by atoms with Gasteiger partial charge in [-0.3, -0.25) is 9.69 Å². The third kappa shape index (κ3) is 3.28. The molecule has 2 heterocycles. The van der Waals surface area contributed by atoms with Crippen molar-refractivity contribution in [2.75, 3.05) is 0 Å². The number of ketones is 1. The maximum Gasteiger partial charge on any atom is 0.166 e. The Labute approximate surface area is 150 Å². The summed E-state index contributed by atoms with van der Waals surface area (Å²) in [5, 5.41) is 0. The van der Waals surface area contributed by atoms with Gasteiger partial charge in [-0.05, 0) is 50.7 Å². The molecule has 25 heavy (non-hydrogen) atoms. The molecular weight excluding hydrogens is 306 g/mol. The minimum atomic E-state index is 0.200. The van der Waals surface area contributed by atoms with Gasteiger partial charge in [0.05, 0.1) is 0 Å². The maximum atomic E-state index is 13.1. The highest BCUT2D eigenvalue weighted by atomic mass is 16.1. The van der Waals surface area contributed by atoms with Crippen LogP contribution in [0.1, 0.15) is 52.7 Å². The number of Topliss-reactive ketones (excluding diaryl/α,β-unsaturated/α-hetero) is 1. The average Bonchev–Trinajstić information content (AvgIpc) is 2.83. The zero-order chi connectivity index (χ0) is 17.4. The summed E-state index contributed by atoms with van der Waals surface area (Å²) >= 11 is 0. The second-order valence-corrected chi connectivity index (χ2v) is 7.89. The SMILES string of the molecule is Cc1ccc(C(=O)C2CC3CCC(C2)N3Cc2ccccc2)c(C)c1. The van der Waals surface area contributed by atoms with E-state index in [0.717, 1.165) is 30.5 Å². The minimum absolute atomic E-state index is 0.200. The van der Waals surface area contributed by atoms with E-state index in [0.29, 0.717) is 17.9 Å². The lowest BCUT2D eigenvalue weighted by atomic mass is 9.83. The molecule has 2 aromatic carbocycles. The Hall–Kier alpha value is -1.93. The molecule has 0 N–H and O–H groups in total. The summed E-state index contributed by atoms with van der Waals surface area (Å²) < 4.78 is 0. The van der Waals surface area contributed by atoms with Gasteiger partial charge >= 0.3 is 0 Å². The maximum absolute atomic E-state index is 13.1. The van der Waals surface area contributed by atoms with Gasteiger partial charge < -0.3 is 0 Å². The lowest BCUT2D eigenvalue weighted by Gasteiger charge is -2.38. The first-order chi connectivity index (χ1) is 12.1. The van der Waals surface area contributed by atoms with Crippen LogP contribution in [0.4, 0.5) is 0 Å². The second kappa shape index (κ2) is 6.76. The number of hydrogen-bond acceptors (Lipinski definition) is 2. The van der Waals surface area contributed by atoms with Crippen molar-refractivity contribution in [3.8, 4) is 0 Å². The van der Waals surface area contributed by atoms with Crippen LogP contribution in [0, 0.1) is 19.8 Å². The van der Waals surface area contributed by atoms with Crippen molar-refractivity contribution in [3.63, 3.8) is 0 Å². The number of hydrogen-bond donors (Lipinski definition) is 0. The number of piperidine rings is 1. The van der Waals surface area contributed by atoms with Crippen LogP contribution in [0.15, 0.2) is 48.5 Å². The van der Waals surface area contributed by atoms with Gasteiger partial charge in [-0.25, -0.2) is 0 Å². The van der Waals surface area contributed by atoms with Gasteiger partial charge in [0.25, 0.3) is 0 Å². The zero-order valence-electron chi connectivity index (χ0n) is 15.2. The average molecular weight is 333 g/mol. The Bertz CT molecular complexity index is 753. The monoisotopic (exact) mass is 333 g/mol. The summed E-state index contributed by atoms with van der Waals surface area (Å²) in [6.45, 7) is 5.18. The summed E-state index contributed by atoms with van der Waals surface area (Å²) in [6.07, 6.45) is 4.54. The molecule has 2 atom stereocenters. The van der Waals surface area contributed by atoms with E-state index in [1.165, 1.54) is 24.0 Å². The third-order valence-corrected chi connectivity index (χ3v) is 6.11. The first kappa shape index (κ1) is 16.5. The van der Waals surface area contributed by atoms with Crippen molar-refractivity contribution in [2.45, 2.75) is 58.2 Å². The van der Waals surface area contributed by atoms with Crippen LogP contribution in [-0.4, -0.2) is 22.8 Å². The molecule has 0 aromatic heterocycles. The summed E-state index contributed by atoms with van der Waals surface area (Å²) in [5.41, 5.74) is 4.68. The minimum Gasteiger partial charge on any atom is -0.294 e. The summed E-state index contributed by atoms with van der Waals surface area (Å²) in [7, 11) is 0. The summed E-state index contributed by atoms with van der Waals surface area (Å²) in [5.74, 6) is 0.569. The highest BCUT2D eigenvalue weighted by Gasteiger charge is 2.42. The van der Waals surface area contributed by atoms with Gasteiger partial charge in [0.2, 0.25) is 0 Å². The predicted octanol–water partition coefficient (Wildman–Crippen LogP) is 4.93. The van der Waals surface area contributed by atoms with Gasteiger partial charge in [-0.1, -0.05) is 54.1 Å². The van der Waals surface area contributed by atoms with Crippen LogP contribution in [0.5, 0.6) is 0 Å². The molecule has 0 saturated carbocycles. The molecule has 0 radical (unpaired) electrons. The Morgan fingerprint density at radius 3 is 2.32 bits per heavy atom. The fourth-order valence-electron chi connectivity index (χ4n) is 4.85.